The summed E-state index contributed by atoms with van der Waals surface area (Å²) < 4.78 is 0. The molecule has 5 heteroatoms. The molecule has 0 atom stereocenters. The van der Waals surface area contributed by atoms with Crippen LogP contribution in [-0.2, 0) is 16.8 Å². The van der Waals surface area contributed by atoms with Gasteiger partial charge in [-0.2, -0.15) is 0 Å². The van der Waals surface area contributed by atoms with Crippen LogP contribution in [-0.4, -0.2) is 34.0 Å². The van der Waals surface area contributed by atoms with Gasteiger partial charge in [-0.1, -0.05) is 131 Å². The van der Waals surface area contributed by atoms with Crippen molar-refractivity contribution in [3.63, 3.8) is 0 Å². The van der Waals surface area contributed by atoms with Crippen molar-refractivity contribution in [3.05, 3.63) is 0 Å². The Morgan fingerprint density at radius 2 is 0.341 bits per heavy atom. The number of hydrogen-bond acceptors (Lipinski definition) is 0. The molecule has 0 aliphatic heterocycles. The average molecular weight is 693 g/mol. The van der Waals surface area contributed by atoms with E-state index >= 15 is 0 Å². The van der Waals surface area contributed by atoms with Crippen molar-refractivity contribution in [1.82, 2.24) is 0 Å². The standard InChI is InChI=1S/2C18H33P.2ClH.Co/c2*1-4-10-16(11-5-1)19(17-12-6-2-7-13-17)18-14-8-3-9-15-18;;;/h2*16-18H,1-15H2;2*1H;. The molecule has 6 aliphatic carbocycles. The molecule has 6 aliphatic rings. The maximum Gasteiger partial charge on any atom is 0 e. The fourth-order valence-corrected chi connectivity index (χ4v) is 19.4. The van der Waals surface area contributed by atoms with Gasteiger partial charge in [0, 0.05) is 16.8 Å². The predicted molar refractivity (Wildman–Crippen MR) is 190 cm³/mol. The summed E-state index contributed by atoms with van der Waals surface area (Å²) in [5.74, 6) is 0. The van der Waals surface area contributed by atoms with Crippen LogP contribution in [0.2, 0.25) is 0 Å². The SMILES string of the molecule is C1CCC(P(C2CCCCC2)C2CCCCC2)CC1.C1CCC(P(C2CCCCC2)C2CCCCC2)CC1.Cl.Cl.[Co]. The van der Waals surface area contributed by atoms with Crippen molar-refractivity contribution in [3.8, 4) is 0 Å². The second kappa shape index (κ2) is 22.5. The Hall–Kier alpha value is 1.95. The summed E-state index contributed by atoms with van der Waals surface area (Å²) in [5, 5.41) is 0. The minimum absolute atomic E-state index is 0. The van der Waals surface area contributed by atoms with Crippen molar-refractivity contribution in [1.29, 1.82) is 0 Å². The van der Waals surface area contributed by atoms with E-state index in [4.69, 9.17) is 0 Å². The van der Waals surface area contributed by atoms with Gasteiger partial charge in [0.05, 0.1) is 0 Å². The molecule has 0 bridgehead atoms. The first kappa shape index (κ1) is 39.1. The zero-order valence-corrected chi connectivity index (χ0v) is 31.2. The summed E-state index contributed by atoms with van der Waals surface area (Å²) in [6.07, 6.45) is 47.2. The summed E-state index contributed by atoms with van der Waals surface area (Å²) >= 11 is 0. The zero-order valence-electron chi connectivity index (χ0n) is 26.7. The fourth-order valence-electron chi connectivity index (χ4n) is 10.1. The van der Waals surface area contributed by atoms with Gasteiger partial charge in [-0.3, -0.25) is 0 Å². The molecule has 6 fully saturated rings. The second-order valence-corrected chi connectivity index (χ2v) is 20.8. The molecule has 245 valence electrons. The van der Waals surface area contributed by atoms with Crippen LogP contribution in [0.3, 0.4) is 0 Å². The van der Waals surface area contributed by atoms with E-state index in [0.717, 1.165) is 0 Å². The molecule has 0 aromatic heterocycles. The molecule has 1 radical (unpaired) electrons. The molecule has 6 saturated carbocycles. The van der Waals surface area contributed by atoms with Gasteiger partial charge < -0.3 is 0 Å². The third kappa shape index (κ3) is 12.2. The van der Waals surface area contributed by atoms with Crippen LogP contribution < -0.4 is 0 Å². The van der Waals surface area contributed by atoms with Crippen LogP contribution in [0, 0.1) is 0 Å². The maximum absolute atomic E-state index is 1.61. The molecule has 0 unspecified atom stereocenters. The summed E-state index contributed by atoms with van der Waals surface area (Å²) in [6.45, 7) is 0. The Morgan fingerprint density at radius 1 is 0.220 bits per heavy atom. The monoisotopic (exact) mass is 691 g/mol. The first-order valence-corrected chi connectivity index (χ1v) is 21.5. The minimum atomic E-state index is 0. The van der Waals surface area contributed by atoms with Gasteiger partial charge in [0.2, 0.25) is 0 Å². The van der Waals surface area contributed by atoms with Crippen molar-refractivity contribution < 1.29 is 16.8 Å². The topological polar surface area (TPSA) is 0 Å². The van der Waals surface area contributed by atoms with Crippen molar-refractivity contribution in [2.24, 2.45) is 0 Å². The maximum atomic E-state index is 1.61. The second-order valence-electron chi connectivity index (χ2n) is 14.6. The molecule has 0 nitrogen and oxygen atoms in total. The zero-order chi connectivity index (χ0) is 25.8. The third-order valence-corrected chi connectivity index (χ3v) is 20.1. The Morgan fingerprint density at radius 3 is 0.463 bits per heavy atom. The van der Waals surface area contributed by atoms with E-state index in [1.54, 1.807) is 154 Å². The van der Waals surface area contributed by atoms with Crippen molar-refractivity contribution in [2.75, 3.05) is 0 Å². The molecular formula is C36H68Cl2CoP2. The molecule has 0 amide bonds. The Balaban J connectivity index is 0.000000267. The predicted octanol–water partition coefficient (Wildman–Crippen LogP) is 13.8. The molecule has 0 saturated heterocycles. The summed E-state index contributed by atoms with van der Waals surface area (Å²) in [6, 6.07) is 0. The smallest absolute Gasteiger partial charge is 0 e. The van der Waals surface area contributed by atoms with Crippen LogP contribution in [0.4, 0.5) is 0 Å². The molecule has 0 spiro atoms. The third-order valence-electron chi connectivity index (χ3n) is 12.0. The van der Waals surface area contributed by atoms with Gasteiger partial charge in [0.1, 0.15) is 0 Å². The Labute approximate surface area is 282 Å². The van der Waals surface area contributed by atoms with Gasteiger partial charge >= 0.3 is 0 Å². The van der Waals surface area contributed by atoms with E-state index < -0.39 is 0 Å². The van der Waals surface area contributed by atoms with Crippen LogP contribution in [0.1, 0.15) is 193 Å². The number of hydrogen-bond donors (Lipinski definition) is 0. The summed E-state index contributed by atoms with van der Waals surface area (Å²) in [4.78, 5) is 0. The van der Waals surface area contributed by atoms with E-state index in [1.165, 1.54) is 72.5 Å². The molecule has 0 N–H and O–H groups in total. The molecule has 0 heterocycles. The van der Waals surface area contributed by atoms with Gasteiger partial charge in [0.15, 0.2) is 0 Å². The summed E-state index contributed by atoms with van der Waals surface area (Å²) in [5.41, 5.74) is 7.14. The van der Waals surface area contributed by atoms with E-state index in [0.29, 0.717) is 15.8 Å². The van der Waals surface area contributed by atoms with E-state index in [-0.39, 0.29) is 41.6 Å². The normalized spacial score (nSPS) is 26.8. The van der Waals surface area contributed by atoms with Crippen LogP contribution in [0.25, 0.3) is 0 Å². The van der Waals surface area contributed by atoms with Gasteiger partial charge in [-0.25, -0.2) is 0 Å². The van der Waals surface area contributed by atoms with Crippen molar-refractivity contribution in [2.45, 2.75) is 227 Å². The quantitative estimate of drug-likeness (QED) is 0.243. The number of rotatable bonds is 6. The largest absolute Gasteiger partial charge is 0.147 e. The van der Waals surface area contributed by atoms with E-state index in [2.05, 4.69) is 0 Å². The van der Waals surface area contributed by atoms with E-state index in [1.807, 2.05) is 0 Å². The number of halogens is 2. The first-order valence-electron chi connectivity index (χ1n) is 18.4. The molecule has 0 aromatic rings. The van der Waals surface area contributed by atoms with Gasteiger partial charge in [0.25, 0.3) is 0 Å². The van der Waals surface area contributed by atoms with Gasteiger partial charge in [-0.15, -0.1) is 24.8 Å². The average Bonchev–Trinajstić information content (AvgIpc) is 3.01. The minimum Gasteiger partial charge on any atom is -0.147 e. The van der Waals surface area contributed by atoms with Gasteiger partial charge in [-0.05, 0) is 111 Å². The summed E-state index contributed by atoms with van der Waals surface area (Å²) in [7, 11) is 0.770. The van der Waals surface area contributed by atoms with Crippen LogP contribution >= 0.6 is 40.7 Å². The molecule has 6 rings (SSSR count). The van der Waals surface area contributed by atoms with E-state index in [9.17, 15) is 0 Å². The molecule has 41 heavy (non-hydrogen) atoms. The fraction of sp³-hybridized carbons (Fsp3) is 1.00. The molecular weight excluding hydrogens is 624 g/mol. The molecule has 0 aromatic carbocycles. The Bertz CT molecular complexity index is 475. The van der Waals surface area contributed by atoms with Crippen LogP contribution in [0.15, 0.2) is 0 Å². The van der Waals surface area contributed by atoms with Crippen molar-refractivity contribution >= 4 is 40.7 Å². The Kier molecular flexibility index (Phi) is 21.4. The van der Waals surface area contributed by atoms with Crippen LogP contribution in [0.5, 0.6) is 0 Å². The first-order chi connectivity index (χ1) is 18.9.